The van der Waals surface area contributed by atoms with E-state index in [9.17, 15) is 34.5 Å². The molecule has 12 heteroatoms. The second-order valence-electron chi connectivity index (χ2n) is 10.00. The molecular weight excluding hydrogens is 472 g/mol. The fourth-order valence-electron chi connectivity index (χ4n) is 6.11. The van der Waals surface area contributed by atoms with Gasteiger partial charge in [-0.25, -0.2) is 4.79 Å². The quantitative estimate of drug-likeness (QED) is 0.358. The molecule has 5 rings (SSSR count). The molecule has 0 fully saturated rings. The molecule has 1 aromatic heterocycles. The maximum absolute atomic E-state index is 13.9. The van der Waals surface area contributed by atoms with Gasteiger partial charge in [-0.05, 0) is 44.5 Å². The van der Waals surface area contributed by atoms with Crippen LogP contribution in [-0.2, 0) is 16.0 Å². The number of aromatic nitrogens is 1. The number of hydrogen-bond acceptors (Lipinski definition) is 10. The summed E-state index contributed by atoms with van der Waals surface area (Å²) < 4.78 is 5.26. The van der Waals surface area contributed by atoms with Gasteiger partial charge in [0.15, 0.2) is 17.0 Å². The molecule has 0 aliphatic heterocycles. The highest BCUT2D eigenvalue weighted by Crippen LogP contribution is 2.52. The summed E-state index contributed by atoms with van der Waals surface area (Å²) in [6.45, 7) is 0. The number of fused-ring (bicyclic) bond motifs is 5. The summed E-state index contributed by atoms with van der Waals surface area (Å²) in [7, 11) is 6.73. The summed E-state index contributed by atoms with van der Waals surface area (Å²) in [5.74, 6) is -7.17. The molecule has 0 bridgehead atoms. The Hall–Kier alpha value is -3.90. The van der Waals surface area contributed by atoms with Crippen molar-refractivity contribution in [2.75, 3.05) is 33.1 Å². The third kappa shape index (κ3) is 2.88. The first-order chi connectivity index (χ1) is 16.8. The highest BCUT2D eigenvalue weighted by atomic mass is 16.4. The lowest BCUT2D eigenvalue weighted by Crippen LogP contribution is -2.63. The molecule has 3 aliphatic carbocycles. The number of benzene rings is 1. The molecule has 36 heavy (non-hydrogen) atoms. The van der Waals surface area contributed by atoms with Gasteiger partial charge in [0, 0.05) is 31.3 Å². The molecule has 190 valence electrons. The number of amides is 1. The highest BCUT2D eigenvalue weighted by Gasteiger charge is 2.63. The van der Waals surface area contributed by atoms with E-state index in [1.54, 1.807) is 39.2 Å². The number of aromatic amines is 1. The Morgan fingerprint density at radius 2 is 1.86 bits per heavy atom. The van der Waals surface area contributed by atoms with Crippen molar-refractivity contribution in [2.24, 2.45) is 17.6 Å². The molecule has 6 N–H and O–H groups in total. The largest absolute Gasteiger partial charge is 0.510 e. The number of likely N-dealkylation sites (N-methyl/N-ethyl adjacent to an activating group) is 1. The number of nitrogens with two attached hydrogens (primary N) is 1. The van der Waals surface area contributed by atoms with Crippen molar-refractivity contribution < 1.29 is 34.1 Å². The van der Waals surface area contributed by atoms with Crippen LogP contribution in [-0.4, -0.2) is 82.5 Å². The summed E-state index contributed by atoms with van der Waals surface area (Å²) in [6, 6.07) is 0.662. The molecule has 1 amide bonds. The number of rotatable bonds is 3. The first-order valence-corrected chi connectivity index (χ1v) is 11.3. The van der Waals surface area contributed by atoms with Crippen LogP contribution in [0.1, 0.15) is 22.3 Å². The van der Waals surface area contributed by atoms with Crippen molar-refractivity contribution in [1.29, 1.82) is 0 Å². The van der Waals surface area contributed by atoms with E-state index in [0.29, 0.717) is 11.3 Å². The topological polar surface area (TPSA) is 190 Å². The van der Waals surface area contributed by atoms with E-state index >= 15 is 0 Å². The molecule has 1 heterocycles. The number of aliphatic hydroxyl groups excluding tert-OH is 2. The number of anilines is 1. The van der Waals surface area contributed by atoms with E-state index in [-0.39, 0.29) is 35.1 Å². The highest BCUT2D eigenvalue weighted by molar-refractivity contribution is 6.25. The van der Waals surface area contributed by atoms with E-state index < -0.39 is 63.8 Å². The summed E-state index contributed by atoms with van der Waals surface area (Å²) >= 11 is 0. The Morgan fingerprint density at radius 1 is 1.19 bits per heavy atom. The third-order valence-corrected chi connectivity index (χ3v) is 7.59. The zero-order valence-electron chi connectivity index (χ0n) is 20.1. The van der Waals surface area contributed by atoms with Gasteiger partial charge in [-0.1, -0.05) is 0 Å². The second-order valence-corrected chi connectivity index (χ2v) is 10.00. The van der Waals surface area contributed by atoms with Gasteiger partial charge < -0.3 is 30.4 Å². The van der Waals surface area contributed by atoms with Crippen LogP contribution in [0.3, 0.4) is 0 Å². The summed E-state index contributed by atoms with van der Waals surface area (Å²) in [4.78, 5) is 57.1. The number of aliphatic hydroxyl groups is 3. The minimum Gasteiger partial charge on any atom is -0.510 e. The van der Waals surface area contributed by atoms with Gasteiger partial charge in [0.05, 0.1) is 17.1 Å². The molecule has 1 unspecified atom stereocenters. The van der Waals surface area contributed by atoms with Crippen LogP contribution in [0.5, 0.6) is 0 Å². The SMILES string of the molecule is CN(C)c1cc2[nH]c(=O)oc2c2c1C[C@H]1C[C@H]3C(N(C)C)C(O)=C(C(N)=O)C(=O)[C@@]3(O)C(O)=C1C2=O. The number of carbonyl (C=O) groups is 3. The maximum atomic E-state index is 13.9. The normalized spacial score (nSPS) is 27.9. The van der Waals surface area contributed by atoms with E-state index in [1.807, 2.05) is 0 Å². The monoisotopic (exact) mass is 498 g/mol. The van der Waals surface area contributed by atoms with Crippen molar-refractivity contribution in [3.05, 3.63) is 50.4 Å². The zero-order valence-corrected chi connectivity index (χ0v) is 20.1. The van der Waals surface area contributed by atoms with Crippen molar-refractivity contribution in [3.63, 3.8) is 0 Å². The van der Waals surface area contributed by atoms with E-state index in [4.69, 9.17) is 10.2 Å². The number of nitrogens with one attached hydrogen (secondary N) is 1. The number of ketones is 2. The lowest BCUT2D eigenvalue weighted by molar-refractivity contribution is -0.148. The van der Waals surface area contributed by atoms with Crippen molar-refractivity contribution in [3.8, 4) is 0 Å². The van der Waals surface area contributed by atoms with E-state index in [0.717, 1.165) is 0 Å². The Balaban J connectivity index is 1.79. The summed E-state index contributed by atoms with van der Waals surface area (Å²) in [6.07, 6.45) is 0.265. The number of H-pyrrole nitrogens is 1. The average Bonchev–Trinajstić information content (AvgIpc) is 3.14. The lowest BCUT2D eigenvalue weighted by atomic mass is 9.58. The molecule has 2 aromatic rings. The number of hydrogen-bond donors (Lipinski definition) is 5. The van der Waals surface area contributed by atoms with Gasteiger partial charge >= 0.3 is 5.76 Å². The molecule has 1 aromatic carbocycles. The standard InChI is InChI=1S/C24H26N4O8/c1-27(2)12-7-11-19(36-23(34)26-11)14-9(12)5-8-6-10-16(28(3)4)18(30)15(22(25)33)21(32)24(10,35)20(31)13(8)17(14)29/h7-8,10,16,30-31,35H,5-6H2,1-4H3,(H2,25,33)(H,26,34)/t8-,10-,16?,24-/m0/s1. The number of carbonyl (C=O) groups excluding carboxylic acids is 3. The number of allylic oxidation sites excluding steroid dienone is 1. The average molecular weight is 498 g/mol. The third-order valence-electron chi connectivity index (χ3n) is 7.59. The fraction of sp³-hybridized carbons (Fsp3) is 0.417. The van der Waals surface area contributed by atoms with Gasteiger partial charge in [-0.3, -0.25) is 24.3 Å². The molecule has 0 saturated heterocycles. The number of nitrogens with zero attached hydrogens (tertiary/aromatic N) is 2. The van der Waals surface area contributed by atoms with Crippen LogP contribution in [0.15, 0.2) is 37.9 Å². The Bertz CT molecular complexity index is 1490. The number of primary amides is 1. The number of Topliss-reactive ketones (excluding diaryl/α,β-unsaturated/α-hetero) is 2. The Kier molecular flexibility index (Phi) is 4.99. The molecule has 3 aliphatic rings. The van der Waals surface area contributed by atoms with Crippen LogP contribution in [0.4, 0.5) is 5.69 Å². The van der Waals surface area contributed by atoms with Gasteiger partial charge in [-0.15, -0.1) is 0 Å². The van der Waals surface area contributed by atoms with Crippen LogP contribution >= 0.6 is 0 Å². The van der Waals surface area contributed by atoms with Gasteiger partial charge in [0.1, 0.15) is 17.1 Å². The number of oxazole rings is 1. The molecule has 0 radical (unpaired) electrons. The fourth-order valence-corrected chi connectivity index (χ4v) is 6.11. The van der Waals surface area contributed by atoms with Crippen molar-refractivity contribution in [1.82, 2.24) is 9.88 Å². The van der Waals surface area contributed by atoms with Crippen LogP contribution in [0.25, 0.3) is 11.1 Å². The zero-order chi connectivity index (χ0) is 26.4. The Labute approximate surface area is 204 Å². The smallest absolute Gasteiger partial charge is 0.417 e. The Morgan fingerprint density at radius 3 is 2.44 bits per heavy atom. The van der Waals surface area contributed by atoms with Crippen molar-refractivity contribution in [2.45, 2.75) is 24.5 Å². The minimum atomic E-state index is -2.66. The maximum Gasteiger partial charge on any atom is 0.417 e. The molecule has 4 atom stereocenters. The predicted molar refractivity (Wildman–Crippen MR) is 127 cm³/mol. The van der Waals surface area contributed by atoms with E-state index in [1.165, 1.54) is 4.90 Å². The van der Waals surface area contributed by atoms with Crippen molar-refractivity contribution >= 4 is 34.3 Å². The summed E-state index contributed by atoms with van der Waals surface area (Å²) in [5, 5.41) is 33.9. The summed E-state index contributed by atoms with van der Waals surface area (Å²) in [5.41, 5.74) is 3.26. The molecule has 0 saturated carbocycles. The van der Waals surface area contributed by atoms with Crippen LogP contribution in [0.2, 0.25) is 0 Å². The second kappa shape index (κ2) is 7.55. The molecule has 0 spiro atoms. The lowest BCUT2D eigenvalue weighted by Gasteiger charge is -2.50. The minimum absolute atomic E-state index is 0.00923. The first kappa shape index (κ1) is 23.8. The van der Waals surface area contributed by atoms with E-state index in [2.05, 4.69) is 4.98 Å². The first-order valence-electron chi connectivity index (χ1n) is 11.3. The van der Waals surface area contributed by atoms with Gasteiger partial charge in [0.25, 0.3) is 5.91 Å². The molecule has 12 nitrogen and oxygen atoms in total. The van der Waals surface area contributed by atoms with Gasteiger partial charge in [-0.2, -0.15) is 0 Å². The van der Waals surface area contributed by atoms with Gasteiger partial charge in [0.2, 0.25) is 5.78 Å². The van der Waals surface area contributed by atoms with Crippen LogP contribution < -0.4 is 16.4 Å². The van der Waals surface area contributed by atoms with Crippen LogP contribution in [0, 0.1) is 11.8 Å². The molecular formula is C24H26N4O8. The predicted octanol–water partition coefficient (Wildman–Crippen LogP) is -0.0845.